The third kappa shape index (κ3) is 6.50. The normalized spacial score (nSPS) is 12.9. The molecule has 108 valence electrons. The molecule has 0 aliphatic heterocycles. The Kier molecular flexibility index (Phi) is 7.57. The molecule has 0 radical (unpaired) electrons. The van der Waals surface area contributed by atoms with E-state index in [1.54, 1.807) is 6.07 Å². The van der Waals surface area contributed by atoms with Crippen LogP contribution in [0.3, 0.4) is 0 Å². The smallest absolute Gasteiger partial charge is 0.129 e. The minimum absolute atomic E-state index is 0.0122. The highest BCUT2D eigenvalue weighted by Gasteiger charge is 2.10. The lowest BCUT2D eigenvalue weighted by Gasteiger charge is -2.15. The Hall–Kier alpha value is -0.450. The largest absolute Gasteiger partial charge is 0.380 e. The molecule has 0 amide bonds. The van der Waals surface area contributed by atoms with Crippen LogP contribution in [0.25, 0.3) is 0 Å². The minimum Gasteiger partial charge on any atom is -0.380 e. The summed E-state index contributed by atoms with van der Waals surface area (Å²) in [4.78, 5) is 0. The minimum atomic E-state index is -0.185. The molecular formula is C15H23BrFNO. The van der Waals surface area contributed by atoms with Crippen LogP contribution in [0.4, 0.5) is 4.39 Å². The standard InChI is InChI=1S/C15H23BrFNO/c1-11(2)6-8-19-9-7-18-12(3)14-5-4-13(16)10-15(14)17/h4-5,10-12,18H,6-9H2,1-3H3. The molecule has 19 heavy (non-hydrogen) atoms. The average molecular weight is 332 g/mol. The van der Waals surface area contributed by atoms with E-state index >= 15 is 0 Å². The molecule has 4 heteroatoms. The lowest BCUT2D eigenvalue weighted by atomic mass is 10.1. The van der Waals surface area contributed by atoms with E-state index in [9.17, 15) is 4.39 Å². The first-order chi connectivity index (χ1) is 9.00. The van der Waals surface area contributed by atoms with E-state index in [1.165, 1.54) is 6.07 Å². The van der Waals surface area contributed by atoms with Crippen LogP contribution in [0.5, 0.6) is 0 Å². The molecule has 0 aliphatic rings. The molecule has 1 atom stereocenters. The van der Waals surface area contributed by atoms with Crippen LogP contribution in [0.1, 0.15) is 38.8 Å². The van der Waals surface area contributed by atoms with Gasteiger partial charge in [-0.15, -0.1) is 0 Å². The van der Waals surface area contributed by atoms with Crippen molar-refractivity contribution < 1.29 is 9.13 Å². The molecule has 1 aromatic rings. The zero-order valence-electron chi connectivity index (χ0n) is 11.9. The summed E-state index contributed by atoms with van der Waals surface area (Å²) in [6.45, 7) is 8.50. The summed E-state index contributed by atoms with van der Waals surface area (Å²) in [5, 5.41) is 3.27. The van der Waals surface area contributed by atoms with E-state index in [0.717, 1.165) is 24.0 Å². The van der Waals surface area contributed by atoms with Crippen molar-refractivity contribution in [2.24, 2.45) is 5.92 Å². The SMILES string of the molecule is CC(C)CCOCCNC(C)c1ccc(Br)cc1F. The average Bonchev–Trinajstić information content (AvgIpc) is 2.32. The Bertz CT molecular complexity index is 384. The number of rotatable bonds is 8. The predicted molar refractivity (Wildman–Crippen MR) is 80.8 cm³/mol. The Morgan fingerprint density at radius 1 is 1.26 bits per heavy atom. The van der Waals surface area contributed by atoms with Crippen molar-refractivity contribution in [3.63, 3.8) is 0 Å². The molecule has 1 unspecified atom stereocenters. The van der Waals surface area contributed by atoms with E-state index in [0.29, 0.717) is 18.1 Å². The van der Waals surface area contributed by atoms with Crippen LogP contribution in [-0.4, -0.2) is 19.8 Å². The van der Waals surface area contributed by atoms with Crippen LogP contribution in [0, 0.1) is 11.7 Å². The summed E-state index contributed by atoms with van der Waals surface area (Å²) < 4.78 is 20.0. The predicted octanol–water partition coefficient (Wildman–Crippen LogP) is 4.30. The summed E-state index contributed by atoms with van der Waals surface area (Å²) in [5.41, 5.74) is 0.686. The summed E-state index contributed by atoms with van der Waals surface area (Å²) in [6, 6.07) is 5.14. The zero-order valence-corrected chi connectivity index (χ0v) is 13.5. The summed E-state index contributed by atoms with van der Waals surface area (Å²) in [5.74, 6) is 0.485. The fraction of sp³-hybridized carbons (Fsp3) is 0.600. The van der Waals surface area contributed by atoms with Crippen molar-refractivity contribution in [2.45, 2.75) is 33.2 Å². The van der Waals surface area contributed by atoms with Gasteiger partial charge < -0.3 is 10.1 Å². The van der Waals surface area contributed by atoms with E-state index in [-0.39, 0.29) is 11.9 Å². The van der Waals surface area contributed by atoms with Gasteiger partial charge in [-0.1, -0.05) is 35.8 Å². The van der Waals surface area contributed by atoms with Crippen molar-refractivity contribution in [1.82, 2.24) is 5.32 Å². The highest BCUT2D eigenvalue weighted by Crippen LogP contribution is 2.20. The Morgan fingerprint density at radius 2 is 2.00 bits per heavy atom. The van der Waals surface area contributed by atoms with Gasteiger partial charge in [-0.3, -0.25) is 0 Å². The van der Waals surface area contributed by atoms with Crippen LogP contribution in [-0.2, 0) is 4.74 Å². The molecule has 0 fully saturated rings. The fourth-order valence-corrected chi connectivity index (χ4v) is 2.06. The second-order valence-corrected chi connectivity index (χ2v) is 6.05. The van der Waals surface area contributed by atoms with Crippen molar-refractivity contribution in [1.29, 1.82) is 0 Å². The Balaban J connectivity index is 2.25. The molecule has 0 spiro atoms. The highest BCUT2D eigenvalue weighted by atomic mass is 79.9. The molecule has 0 heterocycles. The number of halogens is 2. The van der Waals surface area contributed by atoms with Crippen molar-refractivity contribution in [2.75, 3.05) is 19.8 Å². The van der Waals surface area contributed by atoms with E-state index < -0.39 is 0 Å². The van der Waals surface area contributed by atoms with Crippen LogP contribution in [0.2, 0.25) is 0 Å². The third-order valence-corrected chi connectivity index (χ3v) is 3.46. The third-order valence-electron chi connectivity index (χ3n) is 2.97. The molecule has 1 aromatic carbocycles. The van der Waals surface area contributed by atoms with Gasteiger partial charge in [0.1, 0.15) is 5.82 Å². The number of benzene rings is 1. The molecule has 1 rings (SSSR count). The molecule has 0 saturated carbocycles. The lowest BCUT2D eigenvalue weighted by Crippen LogP contribution is -2.24. The number of hydrogen-bond acceptors (Lipinski definition) is 2. The number of ether oxygens (including phenoxy) is 1. The van der Waals surface area contributed by atoms with E-state index in [2.05, 4.69) is 35.1 Å². The zero-order chi connectivity index (χ0) is 14.3. The van der Waals surface area contributed by atoms with E-state index in [1.807, 2.05) is 13.0 Å². The molecule has 0 aromatic heterocycles. The first-order valence-corrected chi connectivity index (χ1v) is 7.56. The van der Waals surface area contributed by atoms with Crippen LogP contribution < -0.4 is 5.32 Å². The molecule has 0 saturated heterocycles. The van der Waals surface area contributed by atoms with Gasteiger partial charge in [-0.25, -0.2) is 4.39 Å². The fourth-order valence-electron chi connectivity index (χ4n) is 1.73. The molecular weight excluding hydrogens is 309 g/mol. The number of hydrogen-bond donors (Lipinski definition) is 1. The van der Waals surface area contributed by atoms with E-state index in [4.69, 9.17) is 4.74 Å². The van der Waals surface area contributed by atoms with Gasteiger partial charge in [0.05, 0.1) is 6.61 Å². The maximum absolute atomic E-state index is 13.7. The molecule has 0 bridgehead atoms. The molecule has 2 nitrogen and oxygen atoms in total. The highest BCUT2D eigenvalue weighted by molar-refractivity contribution is 9.10. The van der Waals surface area contributed by atoms with Gasteiger partial charge >= 0.3 is 0 Å². The summed E-state index contributed by atoms with van der Waals surface area (Å²) in [6.07, 6.45) is 1.08. The van der Waals surface area contributed by atoms with Gasteiger partial charge in [0.15, 0.2) is 0 Å². The van der Waals surface area contributed by atoms with Gasteiger partial charge in [0.25, 0.3) is 0 Å². The van der Waals surface area contributed by atoms with Crippen LogP contribution in [0.15, 0.2) is 22.7 Å². The van der Waals surface area contributed by atoms with Crippen molar-refractivity contribution >= 4 is 15.9 Å². The summed E-state index contributed by atoms with van der Waals surface area (Å²) >= 11 is 3.26. The Morgan fingerprint density at radius 3 is 2.63 bits per heavy atom. The molecule has 0 aliphatic carbocycles. The monoisotopic (exact) mass is 331 g/mol. The number of nitrogens with one attached hydrogen (secondary N) is 1. The maximum Gasteiger partial charge on any atom is 0.129 e. The Labute approximate surface area is 123 Å². The van der Waals surface area contributed by atoms with Gasteiger partial charge in [0.2, 0.25) is 0 Å². The second-order valence-electron chi connectivity index (χ2n) is 5.14. The first-order valence-electron chi connectivity index (χ1n) is 6.76. The maximum atomic E-state index is 13.7. The van der Waals surface area contributed by atoms with Gasteiger partial charge in [-0.2, -0.15) is 0 Å². The van der Waals surface area contributed by atoms with Gasteiger partial charge in [0, 0.05) is 29.2 Å². The quantitative estimate of drug-likeness (QED) is 0.717. The van der Waals surface area contributed by atoms with Gasteiger partial charge in [-0.05, 0) is 31.4 Å². The van der Waals surface area contributed by atoms with Crippen LogP contribution >= 0.6 is 15.9 Å². The van der Waals surface area contributed by atoms with Crippen molar-refractivity contribution in [3.05, 3.63) is 34.1 Å². The first kappa shape index (κ1) is 16.6. The topological polar surface area (TPSA) is 21.3 Å². The second kappa shape index (κ2) is 8.67. The lowest BCUT2D eigenvalue weighted by molar-refractivity contribution is 0.123. The van der Waals surface area contributed by atoms with Crippen molar-refractivity contribution in [3.8, 4) is 0 Å². The molecule has 1 N–H and O–H groups in total. The summed E-state index contributed by atoms with van der Waals surface area (Å²) in [7, 11) is 0.